The molecule has 2 aromatic rings. The van der Waals surface area contributed by atoms with Crippen molar-refractivity contribution in [2.75, 3.05) is 0 Å². The molecular formula is C11H12N2O2. The first kappa shape index (κ1) is 9.71. The summed E-state index contributed by atoms with van der Waals surface area (Å²) < 4.78 is 5.11. The highest BCUT2D eigenvalue weighted by atomic mass is 16.5. The molecule has 0 radical (unpaired) electrons. The summed E-state index contributed by atoms with van der Waals surface area (Å²) >= 11 is 0. The Kier molecular flexibility index (Phi) is 2.41. The van der Waals surface area contributed by atoms with Gasteiger partial charge in [0.05, 0.1) is 6.10 Å². The second-order valence-electron chi connectivity index (χ2n) is 3.58. The number of esters is 1. The van der Waals surface area contributed by atoms with Gasteiger partial charge in [-0.2, -0.15) is 0 Å². The lowest BCUT2D eigenvalue weighted by atomic mass is 10.2. The Bertz CT molecular complexity index is 488. The van der Waals surface area contributed by atoms with Gasteiger partial charge in [-0.25, -0.2) is 4.79 Å². The van der Waals surface area contributed by atoms with Crippen LogP contribution in [0.3, 0.4) is 0 Å². The second-order valence-corrected chi connectivity index (χ2v) is 3.58. The van der Waals surface area contributed by atoms with Crippen LogP contribution in [0.4, 0.5) is 0 Å². The van der Waals surface area contributed by atoms with Gasteiger partial charge in [-0.15, -0.1) is 0 Å². The third kappa shape index (κ3) is 1.83. The zero-order valence-electron chi connectivity index (χ0n) is 8.65. The number of carbonyl (C=O) groups is 1. The van der Waals surface area contributed by atoms with Crippen molar-refractivity contribution in [3.05, 3.63) is 30.4 Å². The highest BCUT2D eigenvalue weighted by Gasteiger charge is 2.14. The number of pyridine rings is 1. The molecule has 0 aliphatic rings. The van der Waals surface area contributed by atoms with Gasteiger partial charge in [-0.05, 0) is 19.9 Å². The van der Waals surface area contributed by atoms with Crippen molar-refractivity contribution >= 4 is 16.7 Å². The van der Waals surface area contributed by atoms with Gasteiger partial charge in [-0.3, -0.25) is 4.98 Å². The zero-order chi connectivity index (χ0) is 10.8. The molecule has 4 heteroatoms. The van der Waals surface area contributed by atoms with Crippen LogP contribution in [0.15, 0.2) is 24.7 Å². The molecule has 0 fully saturated rings. The number of hydrogen-bond donors (Lipinski definition) is 1. The first-order chi connectivity index (χ1) is 7.18. The van der Waals surface area contributed by atoms with E-state index < -0.39 is 0 Å². The van der Waals surface area contributed by atoms with Crippen molar-refractivity contribution < 1.29 is 9.53 Å². The van der Waals surface area contributed by atoms with Gasteiger partial charge in [0.1, 0.15) is 5.69 Å². The van der Waals surface area contributed by atoms with E-state index >= 15 is 0 Å². The topological polar surface area (TPSA) is 55.0 Å². The minimum Gasteiger partial charge on any atom is -0.458 e. The number of carbonyl (C=O) groups excluding carboxylic acids is 1. The minimum atomic E-state index is -0.328. The van der Waals surface area contributed by atoms with Crippen molar-refractivity contribution in [2.45, 2.75) is 20.0 Å². The maximum absolute atomic E-state index is 11.7. The Labute approximate surface area is 87.3 Å². The van der Waals surface area contributed by atoms with Crippen molar-refractivity contribution in [3.8, 4) is 0 Å². The van der Waals surface area contributed by atoms with E-state index in [0.29, 0.717) is 5.69 Å². The van der Waals surface area contributed by atoms with Crippen LogP contribution >= 0.6 is 0 Å². The van der Waals surface area contributed by atoms with Gasteiger partial charge in [0.25, 0.3) is 0 Å². The number of aromatic amines is 1. The summed E-state index contributed by atoms with van der Waals surface area (Å²) in [5.74, 6) is -0.328. The van der Waals surface area contributed by atoms with E-state index in [2.05, 4.69) is 9.97 Å². The van der Waals surface area contributed by atoms with Crippen LogP contribution in [-0.4, -0.2) is 22.0 Å². The minimum absolute atomic E-state index is 0.113. The summed E-state index contributed by atoms with van der Waals surface area (Å²) in [6.07, 6.45) is 5.00. The molecule has 4 nitrogen and oxygen atoms in total. The third-order valence-corrected chi connectivity index (χ3v) is 2.04. The molecular weight excluding hydrogens is 192 g/mol. The number of fused-ring (bicyclic) bond motifs is 1. The summed E-state index contributed by atoms with van der Waals surface area (Å²) in [6, 6.07) is 1.79. The summed E-state index contributed by atoms with van der Waals surface area (Å²) in [5.41, 5.74) is 0.487. The van der Waals surface area contributed by atoms with Crippen molar-refractivity contribution in [2.24, 2.45) is 0 Å². The van der Waals surface area contributed by atoms with E-state index in [4.69, 9.17) is 4.74 Å². The van der Waals surface area contributed by atoms with Crippen LogP contribution in [0.1, 0.15) is 24.3 Å². The average molecular weight is 204 g/mol. The van der Waals surface area contributed by atoms with Crippen molar-refractivity contribution in [1.82, 2.24) is 9.97 Å². The number of aromatic nitrogens is 2. The largest absolute Gasteiger partial charge is 0.458 e. The van der Waals surface area contributed by atoms with Crippen LogP contribution in [0.25, 0.3) is 10.8 Å². The van der Waals surface area contributed by atoms with E-state index in [1.165, 1.54) is 0 Å². The SMILES string of the molecule is CC(C)OC(=O)c1[nH]cc2cnccc12. The number of hydrogen-bond acceptors (Lipinski definition) is 3. The van der Waals surface area contributed by atoms with Gasteiger partial charge >= 0.3 is 5.97 Å². The first-order valence-corrected chi connectivity index (χ1v) is 4.80. The number of H-pyrrole nitrogens is 1. The fourth-order valence-corrected chi connectivity index (χ4v) is 1.42. The Hall–Kier alpha value is -1.84. The van der Waals surface area contributed by atoms with Gasteiger partial charge in [-0.1, -0.05) is 0 Å². The van der Waals surface area contributed by atoms with E-state index in [-0.39, 0.29) is 12.1 Å². The highest BCUT2D eigenvalue weighted by molar-refractivity contribution is 6.03. The first-order valence-electron chi connectivity index (χ1n) is 4.80. The van der Waals surface area contributed by atoms with Crippen LogP contribution in [0, 0.1) is 0 Å². The fraction of sp³-hybridized carbons (Fsp3) is 0.273. The zero-order valence-corrected chi connectivity index (χ0v) is 8.65. The van der Waals surface area contributed by atoms with E-state index in [1.807, 2.05) is 13.8 Å². The molecule has 0 saturated carbocycles. The molecule has 0 bridgehead atoms. The Morgan fingerprint density at radius 3 is 3.07 bits per heavy atom. The number of nitrogens with zero attached hydrogens (tertiary/aromatic N) is 1. The quantitative estimate of drug-likeness (QED) is 0.762. The normalized spacial score (nSPS) is 10.9. The van der Waals surface area contributed by atoms with Gasteiger partial charge < -0.3 is 9.72 Å². The molecule has 15 heavy (non-hydrogen) atoms. The smallest absolute Gasteiger partial charge is 0.355 e. The predicted octanol–water partition coefficient (Wildman–Crippen LogP) is 2.13. The molecule has 0 amide bonds. The molecule has 78 valence electrons. The molecule has 2 heterocycles. The van der Waals surface area contributed by atoms with Gasteiger partial charge in [0.2, 0.25) is 0 Å². The van der Waals surface area contributed by atoms with Gasteiger partial charge in [0.15, 0.2) is 0 Å². The average Bonchev–Trinajstić information content (AvgIpc) is 2.59. The third-order valence-electron chi connectivity index (χ3n) is 2.04. The van der Waals surface area contributed by atoms with E-state index in [1.54, 1.807) is 24.7 Å². The number of rotatable bonds is 2. The maximum atomic E-state index is 11.7. The van der Waals surface area contributed by atoms with Crippen LogP contribution < -0.4 is 0 Å². The Balaban J connectivity index is 2.40. The van der Waals surface area contributed by atoms with E-state index in [9.17, 15) is 4.79 Å². The molecule has 0 aromatic carbocycles. The number of ether oxygens (including phenoxy) is 1. The lowest BCUT2D eigenvalue weighted by Crippen LogP contribution is -2.12. The predicted molar refractivity (Wildman–Crippen MR) is 56.6 cm³/mol. The molecule has 0 aliphatic carbocycles. The lowest BCUT2D eigenvalue weighted by Gasteiger charge is -2.06. The Morgan fingerprint density at radius 1 is 1.53 bits per heavy atom. The monoisotopic (exact) mass is 204 g/mol. The number of nitrogens with one attached hydrogen (secondary N) is 1. The van der Waals surface area contributed by atoms with Crippen LogP contribution in [-0.2, 0) is 4.74 Å². The van der Waals surface area contributed by atoms with Crippen LogP contribution in [0.5, 0.6) is 0 Å². The molecule has 0 atom stereocenters. The summed E-state index contributed by atoms with van der Waals surface area (Å²) in [6.45, 7) is 3.65. The Morgan fingerprint density at radius 2 is 2.33 bits per heavy atom. The summed E-state index contributed by atoms with van der Waals surface area (Å²) in [4.78, 5) is 18.5. The standard InChI is InChI=1S/C11H12N2O2/c1-7(2)15-11(14)10-9-3-4-12-5-8(9)6-13-10/h3-7,13H,1-2H3. The van der Waals surface area contributed by atoms with Crippen molar-refractivity contribution in [1.29, 1.82) is 0 Å². The second kappa shape index (κ2) is 3.73. The summed E-state index contributed by atoms with van der Waals surface area (Å²) in [5, 5.41) is 1.75. The molecule has 2 rings (SSSR count). The molecule has 1 N–H and O–H groups in total. The maximum Gasteiger partial charge on any atom is 0.355 e. The molecule has 2 aromatic heterocycles. The molecule has 0 aliphatic heterocycles. The lowest BCUT2D eigenvalue weighted by molar-refractivity contribution is 0.0374. The summed E-state index contributed by atoms with van der Waals surface area (Å²) in [7, 11) is 0. The van der Waals surface area contributed by atoms with E-state index in [0.717, 1.165) is 10.8 Å². The molecule has 0 unspecified atom stereocenters. The fourth-order valence-electron chi connectivity index (χ4n) is 1.42. The van der Waals surface area contributed by atoms with Crippen molar-refractivity contribution in [3.63, 3.8) is 0 Å². The highest BCUT2D eigenvalue weighted by Crippen LogP contribution is 2.17. The van der Waals surface area contributed by atoms with Gasteiger partial charge in [0, 0.05) is 29.4 Å². The van der Waals surface area contributed by atoms with Crippen LogP contribution in [0.2, 0.25) is 0 Å². The molecule has 0 spiro atoms. The molecule has 0 saturated heterocycles.